The van der Waals surface area contributed by atoms with Crippen molar-refractivity contribution < 1.29 is 19.1 Å². The Hall–Kier alpha value is -3.37. The van der Waals surface area contributed by atoms with E-state index >= 15 is 0 Å². The summed E-state index contributed by atoms with van der Waals surface area (Å²) in [6, 6.07) is 18.1. The number of hydrogen-bond acceptors (Lipinski definition) is 4. The van der Waals surface area contributed by atoms with E-state index in [4.69, 9.17) is 21.1 Å². The molecule has 30 heavy (non-hydrogen) atoms. The van der Waals surface area contributed by atoms with Crippen molar-refractivity contribution >= 4 is 29.4 Å². The molecule has 0 aliphatic carbocycles. The van der Waals surface area contributed by atoms with E-state index in [0.717, 1.165) is 16.7 Å². The first-order valence-electron chi connectivity index (χ1n) is 9.50. The van der Waals surface area contributed by atoms with Crippen molar-refractivity contribution in [3.8, 4) is 11.5 Å². The molecule has 0 aromatic heterocycles. The molecule has 0 fully saturated rings. The van der Waals surface area contributed by atoms with Crippen LogP contribution in [0.3, 0.4) is 0 Å². The second kappa shape index (κ2) is 8.17. The van der Waals surface area contributed by atoms with Gasteiger partial charge in [0.15, 0.2) is 5.76 Å². The van der Waals surface area contributed by atoms with E-state index in [9.17, 15) is 9.59 Å². The Morgan fingerprint density at radius 2 is 1.83 bits per heavy atom. The number of rotatable bonds is 4. The maximum absolute atomic E-state index is 12.8. The average molecular weight is 419 g/mol. The summed E-state index contributed by atoms with van der Waals surface area (Å²) in [6.45, 7) is 3.79. The van der Waals surface area contributed by atoms with Crippen LogP contribution in [0.25, 0.3) is 6.08 Å². The number of Topliss-reactive ketones (excluding diaryl/α,β-unsaturated/α-hetero) is 1. The van der Waals surface area contributed by atoms with Crippen molar-refractivity contribution in [2.24, 2.45) is 0 Å². The van der Waals surface area contributed by atoms with Crippen molar-refractivity contribution in [3.05, 3.63) is 99.3 Å². The van der Waals surface area contributed by atoms with Gasteiger partial charge in [0.25, 0.3) is 0 Å². The number of fused-ring (bicyclic) bond motifs is 1. The molecule has 0 radical (unpaired) electrons. The average Bonchev–Trinajstić information content (AvgIpc) is 2.99. The largest absolute Gasteiger partial charge is 0.452 e. The number of ether oxygens (including phenoxy) is 2. The predicted octanol–water partition coefficient (Wildman–Crippen LogP) is 5.72. The summed E-state index contributed by atoms with van der Waals surface area (Å²) in [5.41, 5.74) is 3.97. The smallest absolute Gasteiger partial charge is 0.315 e. The highest BCUT2D eigenvalue weighted by molar-refractivity contribution is 6.30. The molecule has 1 aliphatic rings. The highest BCUT2D eigenvalue weighted by Crippen LogP contribution is 2.37. The van der Waals surface area contributed by atoms with Gasteiger partial charge in [-0.15, -0.1) is 0 Å². The van der Waals surface area contributed by atoms with Crippen LogP contribution in [0.15, 0.2) is 66.4 Å². The number of carbonyl (C=O) groups excluding carboxylic acids is 2. The monoisotopic (exact) mass is 418 g/mol. The van der Waals surface area contributed by atoms with Gasteiger partial charge in [0.1, 0.15) is 11.5 Å². The summed E-state index contributed by atoms with van der Waals surface area (Å²) < 4.78 is 11.3. The Morgan fingerprint density at radius 1 is 1.07 bits per heavy atom. The molecule has 0 bridgehead atoms. The molecule has 1 aliphatic heterocycles. The fourth-order valence-electron chi connectivity index (χ4n) is 3.38. The summed E-state index contributed by atoms with van der Waals surface area (Å²) >= 11 is 5.87. The zero-order valence-corrected chi connectivity index (χ0v) is 17.3. The van der Waals surface area contributed by atoms with Crippen molar-refractivity contribution in [2.45, 2.75) is 20.3 Å². The number of benzene rings is 3. The first-order chi connectivity index (χ1) is 14.4. The molecule has 0 spiro atoms. The second-order valence-electron chi connectivity index (χ2n) is 7.24. The summed E-state index contributed by atoms with van der Waals surface area (Å²) in [5.74, 6) is 0.408. The van der Waals surface area contributed by atoms with Gasteiger partial charge < -0.3 is 9.47 Å². The van der Waals surface area contributed by atoms with E-state index in [-0.39, 0.29) is 18.0 Å². The molecule has 5 heteroatoms. The highest BCUT2D eigenvalue weighted by atomic mass is 35.5. The molecule has 0 atom stereocenters. The molecule has 0 saturated heterocycles. The lowest BCUT2D eigenvalue weighted by Crippen LogP contribution is -2.11. The summed E-state index contributed by atoms with van der Waals surface area (Å²) in [7, 11) is 0. The predicted molar refractivity (Wildman–Crippen MR) is 116 cm³/mol. The molecular weight excluding hydrogens is 400 g/mol. The number of allylic oxidation sites excluding steroid dienone is 1. The van der Waals surface area contributed by atoms with Crippen molar-refractivity contribution in [1.82, 2.24) is 0 Å². The van der Waals surface area contributed by atoms with Gasteiger partial charge in [-0.25, -0.2) is 0 Å². The van der Waals surface area contributed by atoms with Gasteiger partial charge in [0.2, 0.25) is 5.78 Å². The van der Waals surface area contributed by atoms with E-state index < -0.39 is 5.97 Å². The van der Waals surface area contributed by atoms with Crippen LogP contribution in [0.4, 0.5) is 0 Å². The van der Waals surface area contributed by atoms with Crippen LogP contribution in [0.5, 0.6) is 11.5 Å². The lowest BCUT2D eigenvalue weighted by Gasteiger charge is -2.08. The molecule has 4 rings (SSSR count). The van der Waals surface area contributed by atoms with Gasteiger partial charge in [-0.2, -0.15) is 0 Å². The Bertz CT molecular complexity index is 1180. The van der Waals surface area contributed by atoms with Crippen LogP contribution in [-0.2, 0) is 11.2 Å². The van der Waals surface area contributed by atoms with Gasteiger partial charge in [-0.05, 0) is 54.8 Å². The molecule has 3 aromatic rings. The third-order valence-electron chi connectivity index (χ3n) is 4.78. The number of aryl methyl sites for hydroxylation is 2. The van der Waals surface area contributed by atoms with E-state index in [1.54, 1.807) is 49.4 Å². The number of esters is 1. The van der Waals surface area contributed by atoms with Crippen LogP contribution < -0.4 is 9.47 Å². The molecule has 0 saturated carbocycles. The molecule has 150 valence electrons. The lowest BCUT2D eigenvalue weighted by molar-refractivity contribution is -0.133. The van der Waals surface area contributed by atoms with Crippen LogP contribution >= 0.6 is 11.6 Å². The van der Waals surface area contributed by atoms with Gasteiger partial charge in [0, 0.05) is 11.1 Å². The summed E-state index contributed by atoms with van der Waals surface area (Å²) in [6.07, 6.45) is 1.84. The van der Waals surface area contributed by atoms with Gasteiger partial charge in [-0.1, -0.05) is 53.6 Å². The zero-order chi connectivity index (χ0) is 21.3. The number of ketones is 1. The van der Waals surface area contributed by atoms with Crippen molar-refractivity contribution in [2.75, 3.05) is 0 Å². The van der Waals surface area contributed by atoms with E-state index in [1.165, 1.54) is 0 Å². The first-order valence-corrected chi connectivity index (χ1v) is 9.87. The number of halogens is 1. The van der Waals surface area contributed by atoms with Crippen molar-refractivity contribution in [3.63, 3.8) is 0 Å². The molecule has 1 heterocycles. The fourth-order valence-corrected chi connectivity index (χ4v) is 3.51. The Kier molecular flexibility index (Phi) is 5.42. The van der Waals surface area contributed by atoms with Gasteiger partial charge >= 0.3 is 5.97 Å². The quantitative estimate of drug-likeness (QED) is 0.309. The van der Waals surface area contributed by atoms with Crippen LogP contribution in [0.1, 0.15) is 32.6 Å². The second-order valence-corrected chi connectivity index (χ2v) is 7.68. The number of carbonyl (C=O) groups is 2. The summed E-state index contributed by atoms with van der Waals surface area (Å²) in [5, 5.41) is 0.609. The topological polar surface area (TPSA) is 52.6 Å². The minimum Gasteiger partial charge on any atom is -0.452 e. The number of hydrogen-bond donors (Lipinski definition) is 0. The van der Waals surface area contributed by atoms with Crippen LogP contribution in [0, 0.1) is 13.8 Å². The Labute approximate surface area is 179 Å². The molecule has 0 N–H and O–H groups in total. The minimum atomic E-state index is -0.406. The Morgan fingerprint density at radius 3 is 2.57 bits per heavy atom. The van der Waals surface area contributed by atoms with Gasteiger partial charge in [0.05, 0.1) is 12.0 Å². The van der Waals surface area contributed by atoms with E-state index in [0.29, 0.717) is 27.6 Å². The minimum absolute atomic E-state index is 0.117. The molecular formula is C25H19ClO4. The zero-order valence-electron chi connectivity index (χ0n) is 16.6. The van der Waals surface area contributed by atoms with Crippen LogP contribution in [0.2, 0.25) is 5.02 Å². The third-order valence-corrected chi connectivity index (χ3v) is 5.03. The molecule has 0 amide bonds. The maximum atomic E-state index is 12.8. The molecule has 4 nitrogen and oxygen atoms in total. The maximum Gasteiger partial charge on any atom is 0.315 e. The fraction of sp³-hybridized carbons (Fsp3) is 0.120. The molecule has 0 unspecified atom stereocenters. The van der Waals surface area contributed by atoms with Gasteiger partial charge in [-0.3, -0.25) is 9.59 Å². The lowest BCUT2D eigenvalue weighted by atomic mass is 10.0. The van der Waals surface area contributed by atoms with Crippen molar-refractivity contribution in [1.29, 1.82) is 0 Å². The summed E-state index contributed by atoms with van der Waals surface area (Å²) in [4.78, 5) is 25.1. The third kappa shape index (κ3) is 4.29. The van der Waals surface area contributed by atoms with Crippen LogP contribution in [-0.4, -0.2) is 11.8 Å². The highest BCUT2D eigenvalue weighted by Gasteiger charge is 2.30. The normalized spacial score (nSPS) is 13.8. The van der Waals surface area contributed by atoms with E-state index in [2.05, 4.69) is 0 Å². The Balaban J connectivity index is 1.53. The standard InChI is InChI=1S/C25H19ClO4/c1-15-4-3-5-18(10-15)12-22-25(28)24-16(2)11-20(14-21(24)30-22)29-23(27)13-17-6-8-19(26)9-7-17/h3-12,14H,13H2,1-2H3/b22-12-. The SMILES string of the molecule is Cc1cccc(/C=C2\Oc3cc(OC(=O)Cc4ccc(Cl)cc4)cc(C)c3C2=O)c1. The van der Waals surface area contributed by atoms with E-state index in [1.807, 2.05) is 31.2 Å². The molecule has 3 aromatic carbocycles. The first kappa shape index (κ1) is 19.9.